The Morgan fingerprint density at radius 2 is 1.90 bits per heavy atom. The summed E-state index contributed by atoms with van der Waals surface area (Å²) < 4.78 is 39.4. The Morgan fingerprint density at radius 1 is 1.24 bits per heavy atom. The van der Waals surface area contributed by atoms with E-state index >= 15 is 0 Å². The Balaban J connectivity index is 2.11. The fourth-order valence-electron chi connectivity index (χ4n) is 3.28. The molecule has 0 bridgehead atoms. The van der Waals surface area contributed by atoms with Crippen LogP contribution in [0.15, 0.2) is 29.1 Å². The molecule has 0 saturated carbocycles. The number of rotatable bonds is 6. The van der Waals surface area contributed by atoms with Gasteiger partial charge in [0.25, 0.3) is 5.56 Å². The zero-order valence-corrected chi connectivity index (χ0v) is 16.3. The van der Waals surface area contributed by atoms with Crippen molar-refractivity contribution in [3.8, 4) is 0 Å². The van der Waals surface area contributed by atoms with Gasteiger partial charge in [0, 0.05) is 14.1 Å². The molecule has 156 valence electrons. The van der Waals surface area contributed by atoms with Crippen LogP contribution in [0.2, 0.25) is 0 Å². The van der Waals surface area contributed by atoms with Gasteiger partial charge < -0.3 is 10.0 Å². The summed E-state index contributed by atoms with van der Waals surface area (Å²) in [5.41, 5.74) is 1.01. The Labute approximate surface area is 164 Å². The van der Waals surface area contributed by atoms with Gasteiger partial charge in [-0.15, -0.1) is 0 Å². The normalized spacial score (nSPS) is 13.1. The van der Waals surface area contributed by atoms with Crippen molar-refractivity contribution < 1.29 is 18.3 Å². The topological polar surface area (TPSA) is 87.0 Å². The molecule has 29 heavy (non-hydrogen) atoms. The number of anilines is 1. The molecule has 3 aromatic rings. The van der Waals surface area contributed by atoms with E-state index in [9.17, 15) is 23.1 Å². The van der Waals surface area contributed by atoms with Crippen LogP contribution in [-0.2, 0) is 13.0 Å². The fourth-order valence-corrected chi connectivity index (χ4v) is 3.28. The highest BCUT2D eigenvalue weighted by atomic mass is 19.4. The zero-order valence-electron chi connectivity index (χ0n) is 16.3. The van der Waals surface area contributed by atoms with Crippen molar-refractivity contribution in [2.24, 2.45) is 0 Å². The average molecular weight is 409 g/mol. The van der Waals surface area contributed by atoms with Crippen LogP contribution in [0.5, 0.6) is 0 Å². The number of nitrogens with zero attached hydrogens (tertiary/aromatic N) is 4. The van der Waals surface area contributed by atoms with Gasteiger partial charge in [-0.2, -0.15) is 23.3 Å². The third-order valence-electron chi connectivity index (χ3n) is 4.65. The fraction of sp³-hybridized carbons (Fsp3) is 0.421. The van der Waals surface area contributed by atoms with Crippen LogP contribution in [0, 0.1) is 0 Å². The predicted molar refractivity (Wildman–Crippen MR) is 103 cm³/mol. The first-order valence-corrected chi connectivity index (χ1v) is 9.09. The molecule has 0 aliphatic heterocycles. The average Bonchev–Trinajstić information content (AvgIpc) is 3.01. The lowest BCUT2D eigenvalue weighted by Gasteiger charge is -2.18. The molecule has 0 spiro atoms. The first-order valence-electron chi connectivity index (χ1n) is 9.09. The van der Waals surface area contributed by atoms with Gasteiger partial charge in [-0.05, 0) is 17.5 Å². The summed E-state index contributed by atoms with van der Waals surface area (Å²) in [7, 11) is 3.46. The van der Waals surface area contributed by atoms with E-state index in [0.717, 1.165) is 5.56 Å². The summed E-state index contributed by atoms with van der Waals surface area (Å²) >= 11 is 0. The summed E-state index contributed by atoms with van der Waals surface area (Å²) in [4.78, 5) is 21.3. The lowest BCUT2D eigenvalue weighted by Crippen LogP contribution is -2.20. The number of fused-ring (bicyclic) bond motifs is 1. The van der Waals surface area contributed by atoms with Crippen molar-refractivity contribution in [3.05, 3.63) is 51.4 Å². The number of halogens is 3. The van der Waals surface area contributed by atoms with Gasteiger partial charge in [-0.25, -0.2) is 4.68 Å². The summed E-state index contributed by atoms with van der Waals surface area (Å²) in [6.45, 7) is 1.47. The SMILES string of the molecule is CC[C@@H](c1ccc(CC(F)(F)F)cc1)n1nc(CO)c2c(=O)[nH]c(N(C)C)nc21. The molecule has 1 aromatic carbocycles. The maximum Gasteiger partial charge on any atom is 0.393 e. The first kappa shape index (κ1) is 20.8. The molecular formula is C19H22F3N5O2. The number of aliphatic hydroxyl groups is 1. The maximum absolute atomic E-state index is 12.6. The molecule has 2 N–H and O–H groups in total. The van der Waals surface area contributed by atoms with E-state index in [-0.39, 0.29) is 22.7 Å². The second-order valence-corrected chi connectivity index (χ2v) is 6.99. The van der Waals surface area contributed by atoms with Gasteiger partial charge in [0.1, 0.15) is 11.1 Å². The maximum atomic E-state index is 12.6. The molecule has 10 heteroatoms. The number of H-pyrrole nitrogens is 1. The Morgan fingerprint density at radius 3 is 2.41 bits per heavy atom. The molecule has 2 heterocycles. The van der Waals surface area contributed by atoms with Crippen molar-refractivity contribution in [3.63, 3.8) is 0 Å². The summed E-state index contributed by atoms with van der Waals surface area (Å²) in [6.07, 6.45) is -4.70. The van der Waals surface area contributed by atoms with Crippen molar-refractivity contribution in [1.29, 1.82) is 0 Å². The third-order valence-corrected chi connectivity index (χ3v) is 4.65. The minimum absolute atomic E-state index is 0.168. The van der Waals surface area contributed by atoms with Crippen LogP contribution in [0.1, 0.15) is 36.2 Å². The van der Waals surface area contributed by atoms with Crippen LogP contribution in [0.3, 0.4) is 0 Å². The molecule has 7 nitrogen and oxygen atoms in total. The number of nitrogens with one attached hydrogen (secondary N) is 1. The van der Waals surface area contributed by atoms with Crippen molar-refractivity contribution >= 4 is 17.0 Å². The van der Waals surface area contributed by atoms with Gasteiger partial charge in [0.2, 0.25) is 5.95 Å². The van der Waals surface area contributed by atoms with Crippen molar-refractivity contribution in [2.45, 2.75) is 38.6 Å². The molecule has 0 aliphatic carbocycles. The second-order valence-electron chi connectivity index (χ2n) is 6.99. The number of alkyl halides is 3. The number of benzene rings is 1. The highest BCUT2D eigenvalue weighted by Gasteiger charge is 2.28. The molecule has 0 amide bonds. The third kappa shape index (κ3) is 4.26. The van der Waals surface area contributed by atoms with Gasteiger partial charge >= 0.3 is 6.18 Å². The highest BCUT2D eigenvalue weighted by molar-refractivity contribution is 5.78. The Kier molecular flexibility index (Phi) is 5.65. The van der Waals surface area contributed by atoms with E-state index in [1.54, 1.807) is 35.8 Å². The van der Waals surface area contributed by atoms with E-state index in [1.165, 1.54) is 12.1 Å². The minimum Gasteiger partial charge on any atom is -0.390 e. The molecule has 3 rings (SSSR count). The van der Waals surface area contributed by atoms with Crippen LogP contribution in [0.25, 0.3) is 11.0 Å². The summed E-state index contributed by atoms with van der Waals surface area (Å²) in [5, 5.41) is 14.2. The van der Waals surface area contributed by atoms with E-state index in [1.807, 2.05) is 6.92 Å². The smallest absolute Gasteiger partial charge is 0.390 e. The second kappa shape index (κ2) is 7.86. The van der Waals surface area contributed by atoms with E-state index < -0.39 is 24.8 Å². The molecule has 1 atom stereocenters. The molecule has 0 saturated heterocycles. The molecule has 0 fully saturated rings. The monoisotopic (exact) mass is 409 g/mol. The highest BCUT2D eigenvalue weighted by Crippen LogP contribution is 2.28. The molecular weight excluding hydrogens is 387 g/mol. The quantitative estimate of drug-likeness (QED) is 0.654. The summed E-state index contributed by atoms with van der Waals surface area (Å²) in [6, 6.07) is 5.77. The number of aromatic nitrogens is 4. The van der Waals surface area contributed by atoms with Crippen LogP contribution in [-0.4, -0.2) is 45.1 Å². The van der Waals surface area contributed by atoms with Crippen LogP contribution < -0.4 is 10.5 Å². The lowest BCUT2D eigenvalue weighted by atomic mass is 10.0. The largest absolute Gasteiger partial charge is 0.393 e. The Bertz CT molecular complexity index is 1050. The number of aliphatic hydroxyl groups excluding tert-OH is 1. The van der Waals surface area contributed by atoms with E-state index in [0.29, 0.717) is 18.0 Å². The number of aromatic amines is 1. The Hall–Kier alpha value is -2.88. The van der Waals surface area contributed by atoms with Crippen molar-refractivity contribution in [2.75, 3.05) is 19.0 Å². The lowest BCUT2D eigenvalue weighted by molar-refractivity contribution is -0.127. The predicted octanol–water partition coefficient (Wildman–Crippen LogP) is 2.78. The molecule has 0 aliphatic rings. The first-order chi connectivity index (χ1) is 13.6. The van der Waals surface area contributed by atoms with Crippen molar-refractivity contribution in [1.82, 2.24) is 19.7 Å². The molecule has 0 radical (unpaired) electrons. The number of hydrogen-bond donors (Lipinski definition) is 2. The van der Waals surface area contributed by atoms with Gasteiger partial charge in [-0.1, -0.05) is 31.2 Å². The zero-order chi connectivity index (χ0) is 21.3. The molecule has 0 unspecified atom stereocenters. The number of hydrogen-bond acceptors (Lipinski definition) is 5. The van der Waals surface area contributed by atoms with Crippen LogP contribution in [0.4, 0.5) is 19.1 Å². The molecule has 2 aromatic heterocycles. The van der Waals surface area contributed by atoms with E-state index in [2.05, 4.69) is 15.1 Å². The van der Waals surface area contributed by atoms with Gasteiger partial charge in [0.05, 0.1) is 19.1 Å². The minimum atomic E-state index is -4.27. The summed E-state index contributed by atoms with van der Waals surface area (Å²) in [5.74, 6) is 0.337. The van der Waals surface area contributed by atoms with Gasteiger partial charge in [-0.3, -0.25) is 9.78 Å². The standard InChI is InChI=1S/C19H22F3N5O2/c1-4-14(12-7-5-11(6-8-12)9-19(20,21)22)27-16-15(13(10-28)25-27)17(29)24-18(23-16)26(2)3/h5-8,14,28H,4,9-10H2,1-3H3,(H,23,24,29)/t14-/m0/s1. The van der Waals surface area contributed by atoms with E-state index in [4.69, 9.17) is 0 Å². The van der Waals surface area contributed by atoms with Crippen LogP contribution >= 0.6 is 0 Å². The van der Waals surface area contributed by atoms with Gasteiger partial charge in [0.15, 0.2) is 5.65 Å².